The van der Waals surface area contributed by atoms with Gasteiger partial charge in [0, 0.05) is 55.6 Å². The number of piperidine rings is 1. The van der Waals surface area contributed by atoms with E-state index in [9.17, 15) is 18.4 Å². The van der Waals surface area contributed by atoms with Gasteiger partial charge in [-0.1, -0.05) is 6.07 Å². The Morgan fingerprint density at radius 3 is 2.70 bits per heavy atom. The molecule has 1 aliphatic heterocycles. The van der Waals surface area contributed by atoms with Crippen LogP contribution in [0.25, 0.3) is 0 Å². The van der Waals surface area contributed by atoms with E-state index in [2.05, 4.69) is 20.0 Å². The molecule has 1 fully saturated rings. The van der Waals surface area contributed by atoms with Crippen molar-refractivity contribution in [3.8, 4) is 0 Å². The zero-order chi connectivity index (χ0) is 19.4. The van der Waals surface area contributed by atoms with E-state index in [1.165, 1.54) is 30.6 Å². The summed E-state index contributed by atoms with van der Waals surface area (Å²) in [6.07, 6.45) is 1.26. The number of hydrogen-bond acceptors (Lipinski definition) is 6. The van der Waals surface area contributed by atoms with Crippen LogP contribution in [-0.4, -0.2) is 34.3 Å². The number of aromatic nitrogens is 2. The third-order valence-corrected chi connectivity index (χ3v) is 5.08. The zero-order valence-corrected chi connectivity index (χ0v) is 15.5. The number of halogens is 2. The SMILES string of the molecule is CC(=O)Nc1nsc(N2CCC(C(=O)NCc3ccc(F)cc3F)CC2)n1. The molecule has 0 saturated carbocycles. The van der Waals surface area contributed by atoms with Crippen molar-refractivity contribution in [1.29, 1.82) is 0 Å². The second kappa shape index (κ2) is 8.38. The van der Waals surface area contributed by atoms with Gasteiger partial charge in [0.2, 0.25) is 22.9 Å². The van der Waals surface area contributed by atoms with Crippen molar-refractivity contribution in [3.63, 3.8) is 0 Å². The van der Waals surface area contributed by atoms with E-state index in [0.29, 0.717) is 31.1 Å². The van der Waals surface area contributed by atoms with E-state index >= 15 is 0 Å². The van der Waals surface area contributed by atoms with Crippen molar-refractivity contribution in [2.75, 3.05) is 23.3 Å². The molecule has 2 amide bonds. The van der Waals surface area contributed by atoms with Crippen molar-refractivity contribution in [2.45, 2.75) is 26.3 Å². The predicted octanol–water partition coefficient (Wildman–Crippen LogP) is 2.31. The maximum Gasteiger partial charge on any atom is 0.243 e. The Hall–Kier alpha value is -2.62. The molecule has 10 heteroatoms. The van der Waals surface area contributed by atoms with Crippen molar-refractivity contribution < 1.29 is 18.4 Å². The van der Waals surface area contributed by atoms with Crippen LogP contribution in [0.3, 0.4) is 0 Å². The molecule has 0 aliphatic carbocycles. The molecule has 2 heterocycles. The standard InChI is InChI=1S/C17H19F2N5O2S/c1-10(25)21-16-22-17(27-23-16)24-6-4-11(5-7-24)15(26)20-9-12-2-3-13(18)8-14(12)19/h2-3,8,11H,4-7,9H2,1H3,(H,20,26)(H,21,23,25). The lowest BCUT2D eigenvalue weighted by Gasteiger charge is -2.30. The Labute approximate surface area is 159 Å². The molecule has 7 nitrogen and oxygen atoms in total. The Morgan fingerprint density at radius 1 is 1.30 bits per heavy atom. The van der Waals surface area contributed by atoms with Crippen molar-refractivity contribution in [3.05, 3.63) is 35.4 Å². The van der Waals surface area contributed by atoms with Gasteiger partial charge in [0.05, 0.1) is 0 Å². The van der Waals surface area contributed by atoms with Crippen LogP contribution in [0.1, 0.15) is 25.3 Å². The highest BCUT2D eigenvalue weighted by Crippen LogP contribution is 2.26. The summed E-state index contributed by atoms with van der Waals surface area (Å²) >= 11 is 1.20. The fourth-order valence-electron chi connectivity index (χ4n) is 2.88. The minimum absolute atomic E-state index is 0.0294. The van der Waals surface area contributed by atoms with Crippen molar-refractivity contribution in [1.82, 2.24) is 14.7 Å². The average Bonchev–Trinajstić information content (AvgIpc) is 3.08. The van der Waals surface area contributed by atoms with E-state index in [4.69, 9.17) is 0 Å². The van der Waals surface area contributed by atoms with E-state index in [1.807, 2.05) is 4.90 Å². The van der Waals surface area contributed by atoms with Gasteiger partial charge in [0.15, 0.2) is 0 Å². The maximum atomic E-state index is 13.6. The molecule has 1 aliphatic rings. The third-order valence-electron chi connectivity index (χ3n) is 4.31. The number of nitrogens with zero attached hydrogens (tertiary/aromatic N) is 3. The molecule has 1 aromatic heterocycles. The molecule has 0 unspecified atom stereocenters. The van der Waals surface area contributed by atoms with Crippen molar-refractivity contribution >= 4 is 34.4 Å². The average molecular weight is 395 g/mol. The van der Waals surface area contributed by atoms with Crippen LogP contribution in [0.2, 0.25) is 0 Å². The monoisotopic (exact) mass is 395 g/mol. The molecule has 2 aromatic rings. The van der Waals surface area contributed by atoms with E-state index in [0.717, 1.165) is 6.07 Å². The largest absolute Gasteiger partial charge is 0.352 e. The predicted molar refractivity (Wildman–Crippen MR) is 97.4 cm³/mol. The van der Waals surface area contributed by atoms with Gasteiger partial charge in [-0.05, 0) is 18.9 Å². The molecule has 1 saturated heterocycles. The number of hydrogen-bond donors (Lipinski definition) is 2. The summed E-state index contributed by atoms with van der Waals surface area (Å²) < 4.78 is 30.6. The number of amides is 2. The first kappa shape index (κ1) is 19.2. The number of carbonyl (C=O) groups is 2. The first-order valence-corrected chi connectivity index (χ1v) is 9.27. The first-order valence-electron chi connectivity index (χ1n) is 8.50. The van der Waals surface area contributed by atoms with Gasteiger partial charge in [-0.15, -0.1) is 0 Å². The van der Waals surface area contributed by atoms with Crippen LogP contribution in [-0.2, 0) is 16.1 Å². The highest BCUT2D eigenvalue weighted by molar-refractivity contribution is 7.09. The molecule has 0 radical (unpaired) electrons. The number of nitrogens with one attached hydrogen (secondary N) is 2. The van der Waals surface area contributed by atoms with Gasteiger partial charge in [0.25, 0.3) is 0 Å². The Bertz CT molecular complexity index is 836. The minimum atomic E-state index is -0.670. The fourth-order valence-corrected chi connectivity index (χ4v) is 3.56. The molecule has 0 bridgehead atoms. The molecule has 1 aromatic carbocycles. The molecule has 0 atom stereocenters. The molecule has 27 heavy (non-hydrogen) atoms. The highest BCUT2D eigenvalue weighted by Gasteiger charge is 2.26. The molecule has 3 rings (SSSR count). The number of benzene rings is 1. The Balaban J connectivity index is 1.49. The second-order valence-corrected chi connectivity index (χ2v) is 7.03. The van der Waals surface area contributed by atoms with Crippen LogP contribution < -0.4 is 15.5 Å². The smallest absolute Gasteiger partial charge is 0.243 e. The lowest BCUT2D eigenvalue weighted by molar-refractivity contribution is -0.125. The molecule has 0 spiro atoms. The highest BCUT2D eigenvalue weighted by atomic mass is 32.1. The van der Waals surface area contributed by atoms with Crippen LogP contribution >= 0.6 is 11.5 Å². The van der Waals surface area contributed by atoms with Gasteiger partial charge < -0.3 is 10.2 Å². The summed E-state index contributed by atoms with van der Waals surface area (Å²) in [7, 11) is 0. The van der Waals surface area contributed by atoms with Gasteiger partial charge in [-0.2, -0.15) is 9.36 Å². The maximum absolute atomic E-state index is 13.6. The van der Waals surface area contributed by atoms with Crippen LogP contribution in [0.15, 0.2) is 18.2 Å². The number of rotatable bonds is 5. The van der Waals surface area contributed by atoms with Gasteiger partial charge in [-0.25, -0.2) is 8.78 Å². The Kier molecular flexibility index (Phi) is 5.94. The summed E-state index contributed by atoms with van der Waals surface area (Å²) in [5.41, 5.74) is 0.251. The normalized spacial score (nSPS) is 14.9. The summed E-state index contributed by atoms with van der Waals surface area (Å²) in [5, 5.41) is 5.95. The zero-order valence-electron chi connectivity index (χ0n) is 14.7. The lowest BCUT2D eigenvalue weighted by atomic mass is 9.96. The van der Waals surface area contributed by atoms with Crippen LogP contribution in [0, 0.1) is 17.6 Å². The third kappa shape index (κ3) is 4.97. The second-order valence-electron chi connectivity index (χ2n) is 6.30. The van der Waals surface area contributed by atoms with Gasteiger partial charge in [0.1, 0.15) is 11.6 Å². The summed E-state index contributed by atoms with van der Waals surface area (Å²) in [5.74, 6) is -1.58. The summed E-state index contributed by atoms with van der Waals surface area (Å²) in [4.78, 5) is 29.6. The first-order chi connectivity index (χ1) is 12.9. The quantitative estimate of drug-likeness (QED) is 0.811. The molecule has 144 valence electrons. The summed E-state index contributed by atoms with van der Waals surface area (Å²) in [6, 6.07) is 3.30. The number of anilines is 2. The minimum Gasteiger partial charge on any atom is -0.352 e. The van der Waals surface area contributed by atoms with E-state index < -0.39 is 11.6 Å². The summed E-state index contributed by atoms with van der Waals surface area (Å²) in [6.45, 7) is 2.69. The molecular formula is C17H19F2N5O2S. The van der Waals surface area contributed by atoms with Gasteiger partial charge >= 0.3 is 0 Å². The molecule has 2 N–H and O–H groups in total. The molecular weight excluding hydrogens is 376 g/mol. The topological polar surface area (TPSA) is 87.2 Å². The van der Waals surface area contributed by atoms with E-state index in [1.54, 1.807) is 0 Å². The lowest BCUT2D eigenvalue weighted by Crippen LogP contribution is -2.40. The number of carbonyl (C=O) groups excluding carboxylic acids is 2. The van der Waals surface area contributed by atoms with E-state index in [-0.39, 0.29) is 35.8 Å². The van der Waals surface area contributed by atoms with Crippen LogP contribution in [0.4, 0.5) is 19.9 Å². The fraction of sp³-hybridized carbons (Fsp3) is 0.412. The van der Waals surface area contributed by atoms with Gasteiger partial charge in [-0.3, -0.25) is 14.9 Å². The van der Waals surface area contributed by atoms with Crippen molar-refractivity contribution in [2.24, 2.45) is 5.92 Å². The van der Waals surface area contributed by atoms with Crippen LogP contribution in [0.5, 0.6) is 0 Å². The Morgan fingerprint density at radius 2 is 2.04 bits per heavy atom.